The minimum Gasteiger partial charge on any atom is -0.506 e. The number of nitro groups is 1. The molecule has 3 aromatic rings. The van der Waals surface area contributed by atoms with Gasteiger partial charge in [-0.3, -0.25) is 10.1 Å². The summed E-state index contributed by atoms with van der Waals surface area (Å²) >= 11 is 1.12. The third-order valence-corrected chi connectivity index (χ3v) is 5.94. The number of nitro benzene ring substituents is 1. The van der Waals surface area contributed by atoms with E-state index in [1.165, 1.54) is 25.3 Å². The van der Waals surface area contributed by atoms with Gasteiger partial charge in [-0.25, -0.2) is 9.79 Å². The minimum absolute atomic E-state index is 0.0178. The Morgan fingerprint density at radius 3 is 2.66 bits per heavy atom. The molecule has 0 aliphatic carbocycles. The second-order valence-electron chi connectivity index (χ2n) is 7.15. The maximum absolute atomic E-state index is 12.5. The number of aliphatic hydroxyl groups excluding tert-OH is 1. The van der Waals surface area contributed by atoms with E-state index in [9.17, 15) is 20.0 Å². The third kappa shape index (κ3) is 5.12. The van der Waals surface area contributed by atoms with E-state index >= 15 is 0 Å². The number of benzene rings is 2. The van der Waals surface area contributed by atoms with E-state index in [0.29, 0.717) is 32.7 Å². The number of non-ortho nitro benzene ring substituents is 1. The molecule has 1 N–H and O–H groups in total. The highest BCUT2D eigenvalue weighted by atomic mass is 32.2. The Hall–Kier alpha value is -4.31. The molecule has 0 fully saturated rings. The van der Waals surface area contributed by atoms with Crippen molar-refractivity contribution in [2.45, 2.75) is 6.92 Å². The van der Waals surface area contributed by atoms with Gasteiger partial charge in [0.25, 0.3) is 5.69 Å². The van der Waals surface area contributed by atoms with Gasteiger partial charge in [-0.1, -0.05) is 30.0 Å². The van der Waals surface area contributed by atoms with Crippen molar-refractivity contribution in [1.29, 1.82) is 0 Å². The summed E-state index contributed by atoms with van der Waals surface area (Å²) in [5, 5.41) is 22.2. The molecule has 0 saturated carbocycles. The first-order valence-corrected chi connectivity index (χ1v) is 11.3. The average molecular weight is 493 g/mol. The maximum atomic E-state index is 12.5. The number of esters is 1. The molecule has 35 heavy (non-hydrogen) atoms. The molecule has 2 aromatic carbocycles. The van der Waals surface area contributed by atoms with E-state index in [0.717, 1.165) is 11.8 Å². The van der Waals surface area contributed by atoms with Crippen LogP contribution in [0.25, 0.3) is 17.4 Å². The van der Waals surface area contributed by atoms with Crippen molar-refractivity contribution < 1.29 is 28.7 Å². The van der Waals surface area contributed by atoms with Gasteiger partial charge in [0.05, 0.1) is 40.9 Å². The fraction of sp³-hybridized carbons (Fsp3) is 0.120. The quantitative estimate of drug-likeness (QED) is 0.240. The Balaban J connectivity index is 1.69. The Labute approximate surface area is 204 Å². The number of aliphatic imine (C=N–C) groups is 1. The Kier molecular flexibility index (Phi) is 7.02. The monoisotopic (exact) mass is 492 g/mol. The molecule has 10 heteroatoms. The summed E-state index contributed by atoms with van der Waals surface area (Å²) < 4.78 is 16.3. The lowest BCUT2D eigenvalue weighted by Gasteiger charge is -2.05. The first-order chi connectivity index (χ1) is 16.9. The van der Waals surface area contributed by atoms with Gasteiger partial charge in [0.1, 0.15) is 33.6 Å². The highest BCUT2D eigenvalue weighted by Gasteiger charge is 2.33. The maximum Gasteiger partial charge on any atom is 0.344 e. The summed E-state index contributed by atoms with van der Waals surface area (Å²) in [6, 6.07) is 16.6. The summed E-state index contributed by atoms with van der Waals surface area (Å²) in [5.41, 5.74) is 1.03. The van der Waals surface area contributed by atoms with Gasteiger partial charge in [-0.2, -0.15) is 0 Å². The number of para-hydroxylation sites is 1. The van der Waals surface area contributed by atoms with Gasteiger partial charge in [0, 0.05) is 6.07 Å². The summed E-state index contributed by atoms with van der Waals surface area (Å²) in [6.45, 7) is 1.83. The van der Waals surface area contributed by atoms with Crippen LogP contribution < -0.4 is 4.74 Å². The molecule has 0 spiro atoms. The molecule has 0 radical (unpaired) electrons. The average Bonchev–Trinajstić information content (AvgIpc) is 3.43. The summed E-state index contributed by atoms with van der Waals surface area (Å²) in [6.07, 6.45) is 1.58. The van der Waals surface area contributed by atoms with E-state index in [1.54, 1.807) is 37.3 Å². The van der Waals surface area contributed by atoms with Gasteiger partial charge in [0.15, 0.2) is 0 Å². The van der Waals surface area contributed by atoms with Gasteiger partial charge in [-0.15, -0.1) is 0 Å². The van der Waals surface area contributed by atoms with Gasteiger partial charge >= 0.3 is 5.97 Å². The van der Waals surface area contributed by atoms with E-state index in [2.05, 4.69) is 4.99 Å². The summed E-state index contributed by atoms with van der Waals surface area (Å²) in [4.78, 5) is 27.9. The zero-order chi connectivity index (χ0) is 24.9. The molecule has 4 rings (SSSR count). The van der Waals surface area contributed by atoms with Gasteiger partial charge in [0.2, 0.25) is 0 Å². The van der Waals surface area contributed by atoms with Crippen molar-refractivity contribution in [1.82, 2.24) is 0 Å². The van der Waals surface area contributed by atoms with Crippen molar-refractivity contribution >= 4 is 40.2 Å². The van der Waals surface area contributed by atoms with Crippen LogP contribution >= 0.6 is 11.8 Å². The zero-order valence-electron chi connectivity index (χ0n) is 18.8. The molecule has 9 nitrogen and oxygen atoms in total. The first kappa shape index (κ1) is 23.8. The number of carbonyl (C=O) groups is 1. The van der Waals surface area contributed by atoms with Crippen LogP contribution in [0.3, 0.4) is 0 Å². The standard InChI is InChI=1S/C25H20N2O7S/c1-3-33-25(29)22-23(28)21(35-24(22)26-15-7-5-4-6-8-15)14-17-10-12-19(34-17)18-11-9-16(27(30)31)13-20(18)32-2/h4-14,28H,3H2,1-2H3/b21-14-,26-24?. The second kappa shape index (κ2) is 10.3. The molecule has 178 valence electrons. The lowest BCUT2D eigenvalue weighted by molar-refractivity contribution is -0.384. The van der Waals surface area contributed by atoms with Crippen LogP contribution in [0.5, 0.6) is 5.75 Å². The molecule has 1 aliphatic rings. The first-order valence-electron chi connectivity index (χ1n) is 10.5. The molecule has 2 heterocycles. The number of thioether (sulfide) groups is 1. The van der Waals surface area contributed by atoms with Crippen LogP contribution in [-0.4, -0.2) is 34.8 Å². The van der Waals surface area contributed by atoms with Crippen molar-refractivity contribution in [3.63, 3.8) is 0 Å². The molecule has 1 aromatic heterocycles. The van der Waals surface area contributed by atoms with Crippen molar-refractivity contribution in [3.05, 3.63) is 92.8 Å². The van der Waals surface area contributed by atoms with Gasteiger partial charge in [-0.05, 0) is 43.3 Å². The predicted octanol–water partition coefficient (Wildman–Crippen LogP) is 6.06. The second-order valence-corrected chi connectivity index (χ2v) is 8.18. The molecule has 0 saturated heterocycles. The van der Waals surface area contributed by atoms with Crippen LogP contribution in [-0.2, 0) is 9.53 Å². The number of aliphatic hydroxyl groups is 1. The van der Waals surface area contributed by atoms with E-state index < -0.39 is 10.9 Å². The van der Waals surface area contributed by atoms with Crippen LogP contribution in [0.1, 0.15) is 12.7 Å². The Morgan fingerprint density at radius 1 is 1.20 bits per heavy atom. The molecule has 0 unspecified atom stereocenters. The number of methoxy groups -OCH3 is 1. The van der Waals surface area contributed by atoms with Crippen molar-refractivity contribution in [2.75, 3.05) is 13.7 Å². The number of ether oxygens (including phenoxy) is 2. The molecule has 0 amide bonds. The summed E-state index contributed by atoms with van der Waals surface area (Å²) in [5.74, 6) is 0.158. The third-order valence-electron chi connectivity index (χ3n) is 4.92. The zero-order valence-corrected chi connectivity index (χ0v) is 19.6. The number of furan rings is 1. The number of hydrogen-bond acceptors (Lipinski definition) is 9. The normalized spacial score (nSPS) is 15.6. The van der Waals surface area contributed by atoms with Crippen molar-refractivity contribution in [2.24, 2.45) is 4.99 Å². The molecule has 1 aliphatic heterocycles. The predicted molar refractivity (Wildman–Crippen MR) is 133 cm³/mol. The number of hydrogen-bond donors (Lipinski definition) is 1. The van der Waals surface area contributed by atoms with Crippen LogP contribution in [0.15, 0.2) is 86.3 Å². The molecule has 0 atom stereocenters. The number of rotatable bonds is 7. The molecular formula is C25H20N2O7S. The Bertz CT molecular complexity index is 1370. The van der Waals surface area contributed by atoms with Crippen LogP contribution in [0, 0.1) is 10.1 Å². The van der Waals surface area contributed by atoms with Crippen molar-refractivity contribution in [3.8, 4) is 17.1 Å². The molecular weight excluding hydrogens is 472 g/mol. The lowest BCUT2D eigenvalue weighted by atomic mass is 10.1. The Morgan fingerprint density at radius 2 is 1.97 bits per heavy atom. The largest absolute Gasteiger partial charge is 0.506 e. The fourth-order valence-electron chi connectivity index (χ4n) is 3.31. The van der Waals surface area contributed by atoms with Crippen LogP contribution in [0.4, 0.5) is 11.4 Å². The SMILES string of the molecule is CCOC(=O)C1=C(O)/C(=C/c2ccc(-c3ccc([N+](=O)[O-])cc3OC)o2)SC1=Nc1ccccc1. The smallest absolute Gasteiger partial charge is 0.344 e. The lowest BCUT2D eigenvalue weighted by Crippen LogP contribution is -2.12. The van der Waals surface area contributed by atoms with Gasteiger partial charge < -0.3 is 19.0 Å². The number of nitrogens with zero attached hydrogens (tertiary/aromatic N) is 2. The fourth-order valence-corrected chi connectivity index (χ4v) is 4.33. The molecule has 0 bridgehead atoms. The summed E-state index contributed by atoms with van der Waals surface area (Å²) in [7, 11) is 1.41. The topological polar surface area (TPSA) is 124 Å². The minimum atomic E-state index is -0.675. The van der Waals surface area contributed by atoms with E-state index in [-0.39, 0.29) is 29.4 Å². The number of carbonyl (C=O) groups excluding carboxylic acids is 1. The van der Waals surface area contributed by atoms with Crippen LogP contribution in [0.2, 0.25) is 0 Å². The highest BCUT2D eigenvalue weighted by molar-refractivity contribution is 8.18. The van der Waals surface area contributed by atoms with E-state index in [1.807, 2.05) is 18.2 Å². The van der Waals surface area contributed by atoms with E-state index in [4.69, 9.17) is 13.9 Å². The highest BCUT2D eigenvalue weighted by Crippen LogP contribution is 2.41.